The van der Waals surface area contributed by atoms with Crippen LogP contribution in [0.1, 0.15) is 104 Å². The molecule has 1 unspecified atom stereocenters. The van der Waals surface area contributed by atoms with Crippen LogP contribution in [0, 0.1) is 11.8 Å². The molecule has 1 atom stereocenters. The number of carbonyl (C=O) groups excluding carboxylic acids is 1. The number of nitrogens with zero attached hydrogens (tertiary/aromatic N) is 3. The molecule has 5 nitrogen and oxygen atoms in total. The molecule has 2 aliphatic heterocycles. The SMILES string of the molecule is CC(C)C1CCC(N2CCC3(CC2)C(=O)NC(CCCCCCCCCN(C)C)N3c2ccccc2)CC1. The monoisotopic (exact) mass is 524 g/mol. The van der Waals surface area contributed by atoms with Gasteiger partial charge in [-0.25, -0.2) is 0 Å². The molecule has 2 saturated heterocycles. The number of amides is 1. The number of nitrogens with one attached hydrogen (secondary N) is 1. The number of benzene rings is 1. The predicted molar refractivity (Wildman–Crippen MR) is 160 cm³/mol. The van der Waals surface area contributed by atoms with Crippen LogP contribution < -0.4 is 10.2 Å². The van der Waals surface area contributed by atoms with E-state index in [1.54, 1.807) is 0 Å². The number of para-hydroxylation sites is 1. The second-order valence-electron chi connectivity index (χ2n) is 13.1. The quantitative estimate of drug-likeness (QED) is 0.292. The molecule has 3 fully saturated rings. The predicted octanol–water partition coefficient (Wildman–Crippen LogP) is 6.68. The molecule has 214 valence electrons. The zero-order valence-electron chi connectivity index (χ0n) is 25.0. The molecule has 1 N–H and O–H groups in total. The van der Waals surface area contributed by atoms with Crippen LogP contribution in [0.3, 0.4) is 0 Å². The molecule has 0 bridgehead atoms. The highest BCUT2D eigenvalue weighted by molar-refractivity contribution is 5.94. The fraction of sp³-hybridized carbons (Fsp3) is 0.788. The molecule has 0 aromatic heterocycles. The summed E-state index contributed by atoms with van der Waals surface area (Å²) < 4.78 is 0. The molecular weight excluding hydrogens is 468 g/mol. The first kappa shape index (κ1) is 29.4. The number of carbonyl (C=O) groups is 1. The smallest absolute Gasteiger partial charge is 0.247 e. The van der Waals surface area contributed by atoms with E-state index in [0.29, 0.717) is 0 Å². The lowest BCUT2D eigenvalue weighted by atomic mass is 9.78. The van der Waals surface area contributed by atoms with Gasteiger partial charge >= 0.3 is 0 Å². The Balaban J connectivity index is 1.30. The van der Waals surface area contributed by atoms with Gasteiger partial charge in [-0.1, -0.05) is 64.2 Å². The maximum atomic E-state index is 13.7. The van der Waals surface area contributed by atoms with Crippen molar-refractivity contribution in [1.29, 1.82) is 0 Å². The van der Waals surface area contributed by atoms with Gasteiger partial charge in [-0.3, -0.25) is 4.79 Å². The lowest BCUT2D eigenvalue weighted by Crippen LogP contribution is -2.59. The summed E-state index contributed by atoms with van der Waals surface area (Å²) in [6.45, 7) is 8.07. The van der Waals surface area contributed by atoms with Gasteiger partial charge in [-0.2, -0.15) is 0 Å². The van der Waals surface area contributed by atoms with Crippen molar-refractivity contribution in [1.82, 2.24) is 15.1 Å². The molecule has 5 heteroatoms. The van der Waals surface area contributed by atoms with Crippen LogP contribution in [0.4, 0.5) is 5.69 Å². The normalized spacial score (nSPS) is 26.0. The summed E-state index contributed by atoms with van der Waals surface area (Å²) in [5, 5.41) is 3.47. The van der Waals surface area contributed by atoms with Gasteiger partial charge in [-0.05, 0) is 102 Å². The zero-order valence-corrected chi connectivity index (χ0v) is 25.0. The van der Waals surface area contributed by atoms with Crippen molar-refractivity contribution in [3.05, 3.63) is 30.3 Å². The van der Waals surface area contributed by atoms with E-state index < -0.39 is 0 Å². The molecular formula is C33H56N4O. The van der Waals surface area contributed by atoms with Gasteiger partial charge in [0.25, 0.3) is 0 Å². The van der Waals surface area contributed by atoms with Crippen molar-refractivity contribution in [3.8, 4) is 0 Å². The first-order valence-corrected chi connectivity index (χ1v) is 15.9. The Morgan fingerprint density at radius 2 is 1.50 bits per heavy atom. The standard InChI is InChI=1S/C33H56N4O/c1-27(2)28-18-20-29(21-19-28)36-25-22-33(23-26-36)32(38)34-31(37(33)30-15-11-10-12-16-30)17-13-8-6-5-7-9-14-24-35(3)4/h10-12,15-16,27-29,31H,5-9,13-14,17-26H2,1-4H3,(H,34,38). The summed E-state index contributed by atoms with van der Waals surface area (Å²) in [5.41, 5.74) is 0.826. The Bertz CT molecular complexity index is 825. The number of rotatable bonds is 13. The molecule has 1 amide bonds. The fourth-order valence-electron chi connectivity index (χ4n) is 7.48. The molecule has 4 rings (SSSR count). The van der Waals surface area contributed by atoms with Crippen LogP contribution in [-0.2, 0) is 4.79 Å². The number of likely N-dealkylation sites (tertiary alicyclic amines) is 1. The molecule has 3 aliphatic rings. The summed E-state index contributed by atoms with van der Waals surface area (Å²) in [4.78, 5) is 21.2. The average molecular weight is 525 g/mol. The molecule has 38 heavy (non-hydrogen) atoms. The zero-order chi connectivity index (χ0) is 27.0. The van der Waals surface area contributed by atoms with Gasteiger partial charge in [0.2, 0.25) is 5.91 Å². The van der Waals surface area contributed by atoms with E-state index in [1.165, 1.54) is 82.9 Å². The first-order chi connectivity index (χ1) is 18.4. The Labute approximate surface area is 233 Å². The molecule has 1 aromatic rings. The second kappa shape index (κ2) is 14.2. The van der Waals surface area contributed by atoms with Crippen LogP contribution in [0.2, 0.25) is 0 Å². The minimum atomic E-state index is -0.385. The molecule has 2 heterocycles. The summed E-state index contributed by atoms with van der Waals surface area (Å²) in [6.07, 6.45) is 17.6. The number of hydrogen-bond donors (Lipinski definition) is 1. The van der Waals surface area contributed by atoms with Crippen molar-refractivity contribution in [2.24, 2.45) is 11.8 Å². The van der Waals surface area contributed by atoms with E-state index in [4.69, 9.17) is 0 Å². The second-order valence-corrected chi connectivity index (χ2v) is 13.1. The van der Waals surface area contributed by atoms with Crippen LogP contribution in [-0.4, -0.2) is 67.2 Å². The third kappa shape index (κ3) is 7.33. The largest absolute Gasteiger partial charge is 0.336 e. The van der Waals surface area contributed by atoms with Gasteiger partial charge in [0.05, 0.1) is 0 Å². The Morgan fingerprint density at radius 1 is 0.895 bits per heavy atom. The van der Waals surface area contributed by atoms with Gasteiger partial charge in [0, 0.05) is 24.8 Å². The highest BCUT2D eigenvalue weighted by Crippen LogP contribution is 2.41. The van der Waals surface area contributed by atoms with Crippen molar-refractivity contribution >= 4 is 11.6 Å². The maximum Gasteiger partial charge on any atom is 0.247 e. The molecule has 1 aliphatic carbocycles. The van der Waals surface area contributed by atoms with E-state index in [1.807, 2.05) is 0 Å². The van der Waals surface area contributed by atoms with Crippen molar-refractivity contribution in [2.45, 2.75) is 121 Å². The summed E-state index contributed by atoms with van der Waals surface area (Å²) in [6, 6.07) is 11.5. The van der Waals surface area contributed by atoms with E-state index >= 15 is 0 Å². The van der Waals surface area contributed by atoms with Crippen LogP contribution in [0.25, 0.3) is 0 Å². The lowest BCUT2D eigenvalue weighted by molar-refractivity contribution is -0.125. The van der Waals surface area contributed by atoms with Crippen molar-refractivity contribution in [2.75, 3.05) is 38.6 Å². The maximum absolute atomic E-state index is 13.7. The highest BCUT2D eigenvalue weighted by Gasteiger charge is 2.54. The van der Waals surface area contributed by atoms with Crippen molar-refractivity contribution < 1.29 is 4.79 Å². The van der Waals surface area contributed by atoms with E-state index in [9.17, 15) is 4.79 Å². The van der Waals surface area contributed by atoms with E-state index in [-0.39, 0.29) is 17.6 Å². The van der Waals surface area contributed by atoms with Gasteiger partial charge in [0.15, 0.2) is 0 Å². The topological polar surface area (TPSA) is 38.8 Å². The third-order valence-corrected chi connectivity index (χ3v) is 9.94. The van der Waals surface area contributed by atoms with Crippen LogP contribution in [0.5, 0.6) is 0 Å². The summed E-state index contributed by atoms with van der Waals surface area (Å²) >= 11 is 0. The fourth-order valence-corrected chi connectivity index (χ4v) is 7.48. The number of anilines is 1. The van der Waals surface area contributed by atoms with Crippen molar-refractivity contribution in [3.63, 3.8) is 0 Å². The van der Waals surface area contributed by atoms with Gasteiger partial charge in [0.1, 0.15) is 11.7 Å². The molecule has 1 saturated carbocycles. The first-order valence-electron chi connectivity index (χ1n) is 15.9. The van der Waals surface area contributed by atoms with Gasteiger partial charge in [-0.15, -0.1) is 0 Å². The number of hydrogen-bond acceptors (Lipinski definition) is 4. The average Bonchev–Trinajstić information content (AvgIpc) is 3.18. The van der Waals surface area contributed by atoms with Crippen LogP contribution >= 0.6 is 0 Å². The highest BCUT2D eigenvalue weighted by atomic mass is 16.2. The summed E-state index contributed by atoms with van der Waals surface area (Å²) in [5.74, 6) is 1.99. The molecule has 1 spiro atoms. The Hall–Kier alpha value is -1.59. The minimum Gasteiger partial charge on any atom is -0.336 e. The molecule has 1 aromatic carbocycles. The lowest BCUT2D eigenvalue weighted by Gasteiger charge is -2.48. The van der Waals surface area contributed by atoms with E-state index in [2.05, 4.69) is 78.3 Å². The van der Waals surface area contributed by atoms with Gasteiger partial charge < -0.3 is 20.0 Å². The Morgan fingerprint density at radius 3 is 2.11 bits per heavy atom. The van der Waals surface area contributed by atoms with E-state index in [0.717, 1.165) is 50.2 Å². The van der Waals surface area contributed by atoms with Crippen LogP contribution in [0.15, 0.2) is 30.3 Å². The number of piperidine rings is 1. The molecule has 0 radical (unpaired) electrons. The Kier molecular flexibility index (Phi) is 11.0. The summed E-state index contributed by atoms with van der Waals surface area (Å²) in [7, 11) is 4.32. The number of unbranched alkanes of at least 4 members (excludes halogenated alkanes) is 6. The minimum absolute atomic E-state index is 0.123. The third-order valence-electron chi connectivity index (χ3n) is 9.94.